The Morgan fingerprint density at radius 3 is 2.85 bits per heavy atom. The standard InChI is InChI=1S/C22H19F2N5O4S/c1-27-21-15-5-4-12(33-15)8-29(21)28-9-13(18(30)19(31)17(28)22(27)32)20-26-25-16(34-20)6-10-2-3-11(23)7-14(10)24/h2-3,7,9,12,15,21,31H,4-6,8H2,1H3/t12-,15+,21-/m0/s1. The van der Waals surface area contributed by atoms with Crippen molar-refractivity contribution >= 4 is 17.2 Å². The number of morpholine rings is 1. The zero-order chi connectivity index (χ0) is 23.7. The predicted octanol–water partition coefficient (Wildman–Crippen LogP) is 1.85. The van der Waals surface area contributed by atoms with Gasteiger partial charge in [0.1, 0.15) is 22.8 Å². The number of aromatic nitrogens is 3. The molecule has 9 nitrogen and oxygen atoms in total. The molecular weight excluding hydrogens is 468 g/mol. The quantitative estimate of drug-likeness (QED) is 0.602. The van der Waals surface area contributed by atoms with E-state index in [0.29, 0.717) is 11.6 Å². The Balaban J connectivity index is 1.41. The molecule has 3 atom stereocenters. The van der Waals surface area contributed by atoms with E-state index in [4.69, 9.17) is 4.74 Å². The lowest BCUT2D eigenvalue weighted by atomic mass is 10.1. The van der Waals surface area contributed by atoms with E-state index in [2.05, 4.69) is 10.2 Å². The van der Waals surface area contributed by atoms with E-state index in [1.807, 2.05) is 5.01 Å². The molecule has 2 saturated heterocycles. The Kier molecular flexibility index (Phi) is 4.71. The molecule has 3 aliphatic heterocycles. The minimum absolute atomic E-state index is 0.000499. The highest BCUT2D eigenvalue weighted by molar-refractivity contribution is 7.14. The maximum atomic E-state index is 14.0. The maximum Gasteiger partial charge on any atom is 0.277 e. The van der Waals surface area contributed by atoms with Crippen LogP contribution in [0.4, 0.5) is 8.78 Å². The average molecular weight is 487 g/mol. The number of pyridine rings is 1. The van der Waals surface area contributed by atoms with Crippen LogP contribution in [0.3, 0.4) is 0 Å². The Hall–Kier alpha value is -3.38. The molecule has 0 aliphatic carbocycles. The average Bonchev–Trinajstić information content (AvgIpc) is 3.42. The van der Waals surface area contributed by atoms with Crippen LogP contribution < -0.4 is 10.4 Å². The summed E-state index contributed by atoms with van der Waals surface area (Å²) in [6.07, 6.45) is 2.73. The maximum absolute atomic E-state index is 14.0. The Morgan fingerprint density at radius 1 is 1.24 bits per heavy atom. The van der Waals surface area contributed by atoms with Crippen molar-refractivity contribution < 1.29 is 23.4 Å². The van der Waals surface area contributed by atoms with Gasteiger partial charge in [0.15, 0.2) is 16.5 Å². The van der Waals surface area contributed by atoms with Gasteiger partial charge in [-0.2, -0.15) is 0 Å². The van der Waals surface area contributed by atoms with E-state index in [1.54, 1.807) is 7.05 Å². The molecule has 1 amide bonds. The third kappa shape index (κ3) is 3.12. The molecule has 176 valence electrons. The van der Waals surface area contributed by atoms with Crippen molar-refractivity contribution in [2.75, 3.05) is 18.6 Å². The topological polar surface area (TPSA) is 101 Å². The van der Waals surface area contributed by atoms with Gasteiger partial charge in [-0.15, -0.1) is 10.2 Å². The fourth-order valence-electron chi connectivity index (χ4n) is 4.95. The van der Waals surface area contributed by atoms with Crippen LogP contribution in [0.1, 0.15) is 33.9 Å². The lowest BCUT2D eigenvalue weighted by Crippen LogP contribution is -2.67. The summed E-state index contributed by atoms with van der Waals surface area (Å²) in [5.74, 6) is -2.50. The molecule has 1 N–H and O–H groups in total. The van der Waals surface area contributed by atoms with Crippen LogP contribution in [0, 0.1) is 11.6 Å². The molecule has 6 rings (SSSR count). The van der Waals surface area contributed by atoms with Crippen LogP contribution in [0.2, 0.25) is 0 Å². The number of carbonyl (C=O) groups is 1. The summed E-state index contributed by atoms with van der Waals surface area (Å²) in [5.41, 5.74) is -0.515. The number of likely N-dealkylation sites (N-methyl/N-ethyl adjacent to an activating group) is 1. The van der Waals surface area contributed by atoms with E-state index in [0.717, 1.165) is 36.3 Å². The molecule has 2 aromatic heterocycles. The van der Waals surface area contributed by atoms with E-state index in [1.165, 1.54) is 21.8 Å². The highest BCUT2D eigenvalue weighted by Gasteiger charge is 2.49. The summed E-state index contributed by atoms with van der Waals surface area (Å²) in [5, 5.41) is 21.4. The number of aromatic hydroxyl groups is 1. The second kappa shape index (κ2) is 7.57. The molecule has 3 aliphatic rings. The number of rotatable bonds is 3. The fraction of sp³-hybridized carbons (Fsp3) is 0.364. The number of nitrogens with zero attached hydrogens (tertiary/aromatic N) is 5. The van der Waals surface area contributed by atoms with Gasteiger partial charge < -0.3 is 14.7 Å². The number of ether oxygens (including phenoxy) is 1. The van der Waals surface area contributed by atoms with Gasteiger partial charge in [0.05, 0.1) is 24.3 Å². The van der Waals surface area contributed by atoms with Crippen molar-refractivity contribution in [2.45, 2.75) is 37.6 Å². The second-order valence-electron chi connectivity index (χ2n) is 8.65. The summed E-state index contributed by atoms with van der Waals surface area (Å²) in [6, 6.07) is 3.29. The van der Waals surface area contributed by atoms with Crippen LogP contribution in [0.5, 0.6) is 5.75 Å². The highest BCUT2D eigenvalue weighted by Crippen LogP contribution is 2.37. The minimum Gasteiger partial charge on any atom is -0.502 e. The van der Waals surface area contributed by atoms with Crippen molar-refractivity contribution in [3.8, 4) is 16.3 Å². The summed E-state index contributed by atoms with van der Waals surface area (Å²) < 4.78 is 34.8. The molecule has 0 unspecified atom stereocenters. The molecule has 2 bridgehead atoms. The smallest absolute Gasteiger partial charge is 0.277 e. The van der Waals surface area contributed by atoms with Crippen molar-refractivity contribution in [3.05, 3.63) is 62.5 Å². The van der Waals surface area contributed by atoms with Gasteiger partial charge in [0.2, 0.25) is 5.43 Å². The van der Waals surface area contributed by atoms with Gasteiger partial charge in [-0.1, -0.05) is 17.4 Å². The van der Waals surface area contributed by atoms with Crippen LogP contribution in [-0.2, 0) is 11.2 Å². The number of halogens is 2. The number of hydrogen-bond acceptors (Lipinski definition) is 8. The third-order valence-electron chi connectivity index (χ3n) is 6.58. The molecular formula is C22H19F2N5O4S. The summed E-state index contributed by atoms with van der Waals surface area (Å²) in [4.78, 5) is 27.6. The lowest BCUT2D eigenvalue weighted by Gasteiger charge is -2.50. The first-order valence-corrected chi connectivity index (χ1v) is 11.6. The van der Waals surface area contributed by atoms with Gasteiger partial charge in [0, 0.05) is 25.7 Å². The zero-order valence-electron chi connectivity index (χ0n) is 17.9. The molecule has 12 heteroatoms. The van der Waals surface area contributed by atoms with Crippen LogP contribution in [0.25, 0.3) is 10.6 Å². The Morgan fingerprint density at radius 2 is 2.06 bits per heavy atom. The monoisotopic (exact) mass is 487 g/mol. The SMILES string of the molecule is CN1C(=O)c2c(O)c(=O)c(-c3nnc(Cc4ccc(F)cc4F)s3)cn2N2C[C@@H]3CC[C@@H](O3)[C@@H]12. The van der Waals surface area contributed by atoms with Gasteiger partial charge in [0.25, 0.3) is 5.91 Å². The van der Waals surface area contributed by atoms with Crippen LogP contribution >= 0.6 is 11.3 Å². The normalized spacial score (nSPS) is 23.3. The van der Waals surface area contributed by atoms with E-state index >= 15 is 0 Å². The first kappa shape index (κ1) is 21.2. The van der Waals surface area contributed by atoms with E-state index in [9.17, 15) is 23.5 Å². The first-order chi connectivity index (χ1) is 16.3. The van der Waals surface area contributed by atoms with Gasteiger partial charge in [-0.05, 0) is 24.5 Å². The number of benzene rings is 1. The van der Waals surface area contributed by atoms with E-state index < -0.39 is 28.7 Å². The first-order valence-electron chi connectivity index (χ1n) is 10.8. The number of amides is 1. The van der Waals surface area contributed by atoms with Gasteiger partial charge >= 0.3 is 0 Å². The molecule has 5 heterocycles. The second-order valence-corrected chi connectivity index (χ2v) is 9.71. The zero-order valence-corrected chi connectivity index (χ0v) is 18.8. The lowest BCUT2D eigenvalue weighted by molar-refractivity contribution is -0.0478. The minimum atomic E-state index is -0.738. The number of carbonyl (C=O) groups excluding carboxylic acids is 1. The van der Waals surface area contributed by atoms with Crippen LogP contribution in [-0.4, -0.2) is 62.8 Å². The number of fused-ring (bicyclic) bond motifs is 6. The van der Waals surface area contributed by atoms with Crippen LogP contribution in [0.15, 0.2) is 29.2 Å². The van der Waals surface area contributed by atoms with E-state index in [-0.39, 0.29) is 46.6 Å². The Bertz CT molecular complexity index is 1390. The van der Waals surface area contributed by atoms with Crippen molar-refractivity contribution in [1.82, 2.24) is 19.8 Å². The van der Waals surface area contributed by atoms with Crippen molar-refractivity contribution in [3.63, 3.8) is 0 Å². The summed E-state index contributed by atoms with van der Waals surface area (Å²) in [7, 11) is 1.63. The number of hydrogen-bond donors (Lipinski definition) is 1. The third-order valence-corrected chi connectivity index (χ3v) is 7.54. The van der Waals surface area contributed by atoms with Gasteiger partial charge in [-0.3, -0.25) is 19.3 Å². The molecule has 1 aromatic carbocycles. The van der Waals surface area contributed by atoms with Crippen molar-refractivity contribution in [1.29, 1.82) is 0 Å². The molecule has 2 fully saturated rings. The summed E-state index contributed by atoms with van der Waals surface area (Å²) in [6.45, 7) is 0.499. The van der Waals surface area contributed by atoms with Gasteiger partial charge in [-0.25, -0.2) is 8.78 Å². The Labute approximate surface area is 195 Å². The fourth-order valence-corrected chi connectivity index (χ4v) is 5.82. The molecule has 0 spiro atoms. The largest absolute Gasteiger partial charge is 0.502 e. The molecule has 34 heavy (non-hydrogen) atoms. The highest BCUT2D eigenvalue weighted by atomic mass is 32.1. The molecule has 3 aromatic rings. The summed E-state index contributed by atoms with van der Waals surface area (Å²) >= 11 is 1.07. The van der Waals surface area contributed by atoms with Crippen molar-refractivity contribution in [2.24, 2.45) is 0 Å². The molecule has 0 radical (unpaired) electrons. The predicted molar refractivity (Wildman–Crippen MR) is 117 cm³/mol. The molecule has 0 saturated carbocycles.